The van der Waals surface area contributed by atoms with Crippen LogP contribution in [0.5, 0.6) is 0 Å². The summed E-state index contributed by atoms with van der Waals surface area (Å²) in [5.41, 5.74) is 1.30. The van der Waals surface area contributed by atoms with Crippen LogP contribution in [-0.4, -0.2) is 17.8 Å². The van der Waals surface area contributed by atoms with Crippen LogP contribution < -0.4 is 16.2 Å². The van der Waals surface area contributed by atoms with Gasteiger partial charge in [-0.15, -0.1) is 0 Å². The predicted molar refractivity (Wildman–Crippen MR) is 79.5 cm³/mol. The van der Waals surface area contributed by atoms with E-state index in [1.165, 1.54) is 12.1 Å². The molecule has 110 valence electrons. The van der Waals surface area contributed by atoms with E-state index >= 15 is 0 Å². The number of hydrogen-bond acceptors (Lipinski definition) is 3. The molecule has 0 spiro atoms. The topological polar surface area (TPSA) is 46.1 Å². The second-order valence-corrected chi connectivity index (χ2v) is 5.49. The van der Waals surface area contributed by atoms with E-state index in [1.807, 2.05) is 19.1 Å². The van der Waals surface area contributed by atoms with Gasteiger partial charge in [0.05, 0.1) is 5.54 Å². The largest absolute Gasteiger partial charge is 0.313 e. The zero-order valence-electron chi connectivity index (χ0n) is 11.9. The van der Waals surface area contributed by atoms with Crippen LogP contribution in [0.1, 0.15) is 11.1 Å². The number of nitrogens with one attached hydrogen (secondary N) is 2. The summed E-state index contributed by atoms with van der Waals surface area (Å²) < 4.78 is 14.9. The Morgan fingerprint density at radius 1 is 1.29 bits per heavy atom. The van der Waals surface area contributed by atoms with Crippen molar-refractivity contribution in [2.45, 2.75) is 19.0 Å². The van der Waals surface area contributed by atoms with Gasteiger partial charge in [-0.2, -0.15) is 0 Å². The van der Waals surface area contributed by atoms with Gasteiger partial charge in [-0.25, -0.2) is 4.39 Å². The van der Waals surface area contributed by atoms with Crippen LogP contribution in [-0.2, 0) is 12.1 Å². The highest BCUT2D eigenvalue weighted by molar-refractivity contribution is 5.27. The van der Waals surface area contributed by atoms with Crippen molar-refractivity contribution in [1.82, 2.24) is 15.2 Å². The van der Waals surface area contributed by atoms with Gasteiger partial charge in [-0.1, -0.05) is 18.2 Å². The van der Waals surface area contributed by atoms with E-state index in [0.717, 1.165) is 11.1 Å². The third-order valence-electron chi connectivity index (χ3n) is 4.03. The zero-order chi connectivity index (χ0) is 14.9. The van der Waals surface area contributed by atoms with Crippen LogP contribution in [0.25, 0.3) is 0 Å². The number of benzene rings is 1. The van der Waals surface area contributed by atoms with E-state index in [-0.39, 0.29) is 11.4 Å². The first-order valence-corrected chi connectivity index (χ1v) is 6.99. The minimum absolute atomic E-state index is 0.00712. The van der Waals surface area contributed by atoms with Gasteiger partial charge < -0.3 is 9.88 Å². The molecule has 4 nitrogen and oxygen atoms in total. The molecule has 1 aromatic carbocycles. The minimum atomic E-state index is -0.397. The monoisotopic (exact) mass is 287 g/mol. The van der Waals surface area contributed by atoms with Gasteiger partial charge in [0, 0.05) is 31.5 Å². The number of aromatic nitrogens is 1. The summed E-state index contributed by atoms with van der Waals surface area (Å²) in [4.78, 5) is 12.2. The molecule has 0 amide bonds. The Kier molecular flexibility index (Phi) is 3.61. The van der Waals surface area contributed by atoms with E-state index in [9.17, 15) is 9.18 Å². The lowest BCUT2D eigenvalue weighted by atomic mass is 9.90. The quantitative estimate of drug-likeness (QED) is 0.895. The first-order chi connectivity index (χ1) is 10.1. The molecule has 2 N–H and O–H groups in total. The first-order valence-electron chi connectivity index (χ1n) is 6.99. The fourth-order valence-corrected chi connectivity index (χ4v) is 2.82. The SMILES string of the molecule is Cc1cccn(CC2(c3ccc(F)cc3)CNCN2)c1=O. The van der Waals surface area contributed by atoms with Gasteiger partial charge in [0.2, 0.25) is 0 Å². The predicted octanol–water partition coefficient (Wildman–Crippen LogP) is 1.34. The number of rotatable bonds is 3. The molecule has 0 radical (unpaired) electrons. The fraction of sp³-hybridized carbons (Fsp3) is 0.312. The smallest absolute Gasteiger partial charge is 0.253 e. The summed E-state index contributed by atoms with van der Waals surface area (Å²) in [7, 11) is 0. The maximum Gasteiger partial charge on any atom is 0.253 e. The Labute approximate surface area is 122 Å². The number of pyridine rings is 1. The highest BCUT2D eigenvalue weighted by atomic mass is 19.1. The first kappa shape index (κ1) is 14.0. The normalized spacial score (nSPS) is 21.6. The van der Waals surface area contributed by atoms with Crippen molar-refractivity contribution < 1.29 is 4.39 Å². The second kappa shape index (κ2) is 5.42. The van der Waals surface area contributed by atoms with Gasteiger partial charge in [0.1, 0.15) is 5.82 Å². The average molecular weight is 287 g/mol. The lowest BCUT2D eigenvalue weighted by Gasteiger charge is -2.30. The van der Waals surface area contributed by atoms with Crippen LogP contribution in [0, 0.1) is 12.7 Å². The van der Waals surface area contributed by atoms with Crippen molar-refractivity contribution >= 4 is 0 Å². The summed E-state index contributed by atoms with van der Waals surface area (Å²) in [6.45, 7) is 3.67. The molecule has 1 unspecified atom stereocenters. The Morgan fingerprint density at radius 3 is 2.71 bits per heavy atom. The van der Waals surface area contributed by atoms with Gasteiger partial charge in [0.15, 0.2) is 0 Å². The zero-order valence-corrected chi connectivity index (χ0v) is 11.9. The summed E-state index contributed by atoms with van der Waals surface area (Å²) in [6.07, 6.45) is 1.79. The second-order valence-electron chi connectivity index (χ2n) is 5.49. The highest BCUT2D eigenvalue weighted by Gasteiger charge is 2.35. The van der Waals surface area contributed by atoms with Crippen LogP contribution >= 0.6 is 0 Å². The minimum Gasteiger partial charge on any atom is -0.313 e. The molecule has 2 aromatic rings. The Balaban J connectivity index is 2.00. The van der Waals surface area contributed by atoms with E-state index in [1.54, 1.807) is 22.9 Å². The Hall–Kier alpha value is -1.98. The maximum absolute atomic E-state index is 13.2. The van der Waals surface area contributed by atoms with Gasteiger partial charge >= 0.3 is 0 Å². The summed E-state index contributed by atoms with van der Waals surface area (Å²) in [5.74, 6) is -0.257. The van der Waals surface area contributed by atoms with E-state index < -0.39 is 5.54 Å². The molecule has 1 aliphatic rings. The average Bonchev–Trinajstić information content (AvgIpc) is 2.94. The van der Waals surface area contributed by atoms with Crippen molar-refractivity contribution in [3.8, 4) is 0 Å². The van der Waals surface area contributed by atoms with Gasteiger partial charge in [0.25, 0.3) is 5.56 Å². The molecule has 1 atom stereocenters. The summed E-state index contributed by atoms with van der Waals surface area (Å²) in [6, 6.07) is 10.1. The standard InChI is InChI=1S/C16H18FN3O/c1-12-3-2-8-20(15(12)21)10-16(9-18-11-19-16)13-4-6-14(17)7-5-13/h2-8,18-19H,9-11H2,1H3. The van der Waals surface area contributed by atoms with Crippen LogP contribution in [0.3, 0.4) is 0 Å². The fourth-order valence-electron chi connectivity index (χ4n) is 2.82. The molecule has 0 saturated carbocycles. The van der Waals surface area contributed by atoms with Crippen molar-refractivity contribution in [3.05, 3.63) is 69.9 Å². The van der Waals surface area contributed by atoms with Gasteiger partial charge in [-0.05, 0) is 30.7 Å². The Morgan fingerprint density at radius 2 is 2.05 bits per heavy atom. The van der Waals surface area contributed by atoms with E-state index in [0.29, 0.717) is 19.8 Å². The van der Waals surface area contributed by atoms with Crippen LogP contribution in [0.2, 0.25) is 0 Å². The molecule has 3 rings (SSSR count). The van der Waals surface area contributed by atoms with Crippen molar-refractivity contribution in [3.63, 3.8) is 0 Å². The molecule has 0 bridgehead atoms. The number of aryl methyl sites for hydroxylation is 1. The van der Waals surface area contributed by atoms with Crippen LogP contribution in [0.15, 0.2) is 47.4 Å². The molecule has 0 aliphatic carbocycles. The van der Waals surface area contributed by atoms with Crippen molar-refractivity contribution in [2.75, 3.05) is 13.2 Å². The third kappa shape index (κ3) is 2.62. The number of halogens is 1. The number of nitrogens with zero attached hydrogens (tertiary/aromatic N) is 1. The summed E-state index contributed by atoms with van der Waals surface area (Å²) in [5, 5.41) is 6.67. The Bertz CT molecular complexity index is 687. The molecule has 5 heteroatoms. The molecule has 1 aromatic heterocycles. The lowest BCUT2D eigenvalue weighted by Crippen LogP contribution is -2.45. The van der Waals surface area contributed by atoms with Crippen molar-refractivity contribution in [2.24, 2.45) is 0 Å². The molecular formula is C16H18FN3O. The molecule has 1 saturated heterocycles. The number of hydrogen-bond donors (Lipinski definition) is 2. The van der Waals surface area contributed by atoms with Gasteiger partial charge in [-0.3, -0.25) is 10.1 Å². The highest BCUT2D eigenvalue weighted by Crippen LogP contribution is 2.25. The molecule has 21 heavy (non-hydrogen) atoms. The third-order valence-corrected chi connectivity index (χ3v) is 4.03. The molecular weight excluding hydrogens is 269 g/mol. The van der Waals surface area contributed by atoms with Crippen LogP contribution in [0.4, 0.5) is 4.39 Å². The summed E-state index contributed by atoms with van der Waals surface area (Å²) >= 11 is 0. The maximum atomic E-state index is 13.2. The van der Waals surface area contributed by atoms with E-state index in [2.05, 4.69) is 10.6 Å². The molecule has 1 fully saturated rings. The lowest BCUT2D eigenvalue weighted by molar-refractivity contribution is 0.345. The van der Waals surface area contributed by atoms with Crippen molar-refractivity contribution in [1.29, 1.82) is 0 Å². The molecule has 2 heterocycles. The van der Waals surface area contributed by atoms with E-state index in [4.69, 9.17) is 0 Å². The molecule has 1 aliphatic heterocycles.